The minimum Gasteiger partial charge on any atom is -0.478 e. The molecule has 0 saturated carbocycles. The monoisotopic (exact) mass is 233 g/mol. The van der Waals surface area contributed by atoms with E-state index in [1.807, 2.05) is 11.9 Å². The number of benzene rings is 1. The van der Waals surface area contributed by atoms with Crippen LogP contribution in [-0.2, 0) is 4.79 Å². The van der Waals surface area contributed by atoms with Crippen LogP contribution in [0, 0.1) is 0 Å². The van der Waals surface area contributed by atoms with Crippen LogP contribution in [0.1, 0.15) is 25.3 Å². The van der Waals surface area contributed by atoms with Gasteiger partial charge in [-0.15, -0.1) is 0 Å². The van der Waals surface area contributed by atoms with E-state index in [0.29, 0.717) is 12.5 Å². The van der Waals surface area contributed by atoms with Crippen molar-refractivity contribution in [1.29, 1.82) is 0 Å². The molecule has 0 fully saturated rings. The van der Waals surface area contributed by atoms with Gasteiger partial charge in [-0.25, -0.2) is 4.79 Å². The van der Waals surface area contributed by atoms with E-state index in [2.05, 4.69) is 38.1 Å². The van der Waals surface area contributed by atoms with Crippen LogP contribution in [0.5, 0.6) is 0 Å². The number of rotatable bonds is 5. The fraction of sp³-hybridized carbons (Fsp3) is 0.357. The third-order valence-electron chi connectivity index (χ3n) is 2.64. The number of anilines is 1. The van der Waals surface area contributed by atoms with Crippen LogP contribution in [0.2, 0.25) is 0 Å². The average Bonchev–Trinajstić information content (AvgIpc) is 2.28. The van der Waals surface area contributed by atoms with Crippen LogP contribution in [0.4, 0.5) is 5.69 Å². The van der Waals surface area contributed by atoms with Gasteiger partial charge in [-0.2, -0.15) is 0 Å². The minimum absolute atomic E-state index is 0.529. The lowest BCUT2D eigenvalue weighted by Gasteiger charge is -2.18. The third kappa shape index (κ3) is 4.31. The van der Waals surface area contributed by atoms with E-state index in [-0.39, 0.29) is 0 Å². The highest BCUT2D eigenvalue weighted by Crippen LogP contribution is 2.19. The van der Waals surface area contributed by atoms with Crippen molar-refractivity contribution in [2.24, 2.45) is 0 Å². The van der Waals surface area contributed by atoms with Gasteiger partial charge in [-0.05, 0) is 23.6 Å². The number of carboxylic acids is 1. The van der Waals surface area contributed by atoms with Gasteiger partial charge in [0.25, 0.3) is 0 Å². The predicted molar refractivity (Wildman–Crippen MR) is 70.6 cm³/mol. The van der Waals surface area contributed by atoms with Crippen molar-refractivity contribution in [2.75, 3.05) is 18.5 Å². The largest absolute Gasteiger partial charge is 0.478 e. The van der Waals surface area contributed by atoms with Crippen LogP contribution in [0.15, 0.2) is 36.4 Å². The molecule has 0 unspecified atom stereocenters. The lowest BCUT2D eigenvalue weighted by atomic mass is 10.0. The summed E-state index contributed by atoms with van der Waals surface area (Å²) in [7, 11) is 1.94. The molecule has 0 amide bonds. The average molecular weight is 233 g/mol. The number of carboxylic acid groups (broad SMARTS) is 1. The van der Waals surface area contributed by atoms with Crippen molar-refractivity contribution in [3.63, 3.8) is 0 Å². The zero-order valence-electron chi connectivity index (χ0n) is 10.6. The van der Waals surface area contributed by atoms with Gasteiger partial charge in [0, 0.05) is 25.4 Å². The molecule has 1 rings (SSSR count). The van der Waals surface area contributed by atoms with E-state index in [1.165, 1.54) is 11.6 Å². The van der Waals surface area contributed by atoms with Gasteiger partial charge in [0.05, 0.1) is 0 Å². The number of likely N-dealkylation sites (N-methyl/N-ethyl adjacent to an activating group) is 1. The lowest BCUT2D eigenvalue weighted by Crippen LogP contribution is -2.16. The molecule has 0 bridgehead atoms. The lowest BCUT2D eigenvalue weighted by molar-refractivity contribution is -0.131. The molecule has 0 aliphatic carbocycles. The Morgan fingerprint density at radius 1 is 1.35 bits per heavy atom. The smallest absolute Gasteiger partial charge is 0.328 e. The molecule has 92 valence electrons. The Balaban J connectivity index is 2.63. The number of carbonyl (C=O) groups is 1. The highest BCUT2D eigenvalue weighted by molar-refractivity contribution is 5.79. The zero-order valence-corrected chi connectivity index (χ0v) is 10.6. The molecule has 0 radical (unpaired) electrons. The maximum Gasteiger partial charge on any atom is 0.328 e. The maximum atomic E-state index is 10.3. The fourth-order valence-corrected chi connectivity index (χ4v) is 1.53. The Hall–Kier alpha value is -1.77. The maximum absolute atomic E-state index is 10.3. The van der Waals surface area contributed by atoms with Crippen LogP contribution >= 0.6 is 0 Å². The van der Waals surface area contributed by atoms with Gasteiger partial charge in [-0.1, -0.05) is 32.1 Å². The van der Waals surface area contributed by atoms with Crippen molar-refractivity contribution in [3.05, 3.63) is 42.0 Å². The molecule has 0 aliphatic rings. The second-order valence-electron chi connectivity index (χ2n) is 4.37. The Labute approximate surface area is 102 Å². The standard InChI is InChI=1S/C14H19NO2/c1-11(2)12-6-8-13(9-7-12)15(3)10-4-5-14(16)17/h4-9,11H,10H2,1-3H3,(H,16,17)/b5-4+. The summed E-state index contributed by atoms with van der Waals surface area (Å²) in [5, 5.41) is 8.49. The Morgan fingerprint density at radius 2 is 1.94 bits per heavy atom. The summed E-state index contributed by atoms with van der Waals surface area (Å²) in [5.41, 5.74) is 2.40. The van der Waals surface area contributed by atoms with Crippen molar-refractivity contribution >= 4 is 11.7 Å². The van der Waals surface area contributed by atoms with Crippen LogP contribution < -0.4 is 4.90 Å². The first-order valence-corrected chi connectivity index (χ1v) is 5.71. The van der Waals surface area contributed by atoms with Gasteiger partial charge in [-0.3, -0.25) is 0 Å². The third-order valence-corrected chi connectivity index (χ3v) is 2.64. The Bertz CT molecular complexity index is 393. The summed E-state index contributed by atoms with van der Waals surface area (Å²) >= 11 is 0. The molecule has 1 N–H and O–H groups in total. The summed E-state index contributed by atoms with van der Waals surface area (Å²) in [6, 6.07) is 8.34. The number of hydrogen-bond acceptors (Lipinski definition) is 2. The van der Waals surface area contributed by atoms with E-state index in [4.69, 9.17) is 5.11 Å². The summed E-state index contributed by atoms with van der Waals surface area (Å²) < 4.78 is 0. The Kier molecular flexibility index (Phi) is 4.76. The zero-order chi connectivity index (χ0) is 12.8. The Morgan fingerprint density at radius 3 is 2.41 bits per heavy atom. The first kappa shape index (κ1) is 13.3. The van der Waals surface area contributed by atoms with Crippen molar-refractivity contribution < 1.29 is 9.90 Å². The molecule has 0 saturated heterocycles. The molecule has 1 aromatic carbocycles. The van der Waals surface area contributed by atoms with E-state index in [0.717, 1.165) is 5.69 Å². The van der Waals surface area contributed by atoms with E-state index in [1.54, 1.807) is 6.08 Å². The summed E-state index contributed by atoms with van der Waals surface area (Å²) in [4.78, 5) is 12.3. The van der Waals surface area contributed by atoms with Gasteiger partial charge >= 0.3 is 5.97 Å². The normalized spacial score (nSPS) is 11.1. The predicted octanol–water partition coefficient (Wildman–Crippen LogP) is 2.89. The van der Waals surface area contributed by atoms with E-state index in [9.17, 15) is 4.79 Å². The van der Waals surface area contributed by atoms with Crippen molar-refractivity contribution in [3.8, 4) is 0 Å². The van der Waals surface area contributed by atoms with Crippen molar-refractivity contribution in [2.45, 2.75) is 19.8 Å². The molecule has 17 heavy (non-hydrogen) atoms. The number of hydrogen-bond donors (Lipinski definition) is 1. The summed E-state index contributed by atoms with van der Waals surface area (Å²) in [6.07, 6.45) is 2.80. The highest BCUT2D eigenvalue weighted by atomic mass is 16.4. The van der Waals surface area contributed by atoms with Crippen LogP contribution in [-0.4, -0.2) is 24.7 Å². The van der Waals surface area contributed by atoms with Crippen LogP contribution in [0.25, 0.3) is 0 Å². The van der Waals surface area contributed by atoms with E-state index < -0.39 is 5.97 Å². The molecule has 0 aromatic heterocycles. The molecule has 3 nitrogen and oxygen atoms in total. The first-order chi connectivity index (χ1) is 8.00. The first-order valence-electron chi connectivity index (χ1n) is 5.71. The van der Waals surface area contributed by atoms with Gasteiger partial charge < -0.3 is 10.0 Å². The molecular formula is C14H19NO2. The fourth-order valence-electron chi connectivity index (χ4n) is 1.53. The summed E-state index contributed by atoms with van der Waals surface area (Å²) in [5.74, 6) is -0.380. The quantitative estimate of drug-likeness (QED) is 0.795. The SMILES string of the molecule is CC(C)c1ccc(N(C)C/C=C/C(=O)O)cc1. The molecule has 0 atom stereocenters. The second kappa shape index (κ2) is 6.09. The molecular weight excluding hydrogens is 214 g/mol. The minimum atomic E-state index is -0.909. The molecule has 1 aromatic rings. The topological polar surface area (TPSA) is 40.5 Å². The van der Waals surface area contributed by atoms with Crippen molar-refractivity contribution in [1.82, 2.24) is 0 Å². The van der Waals surface area contributed by atoms with Gasteiger partial charge in [0.2, 0.25) is 0 Å². The number of nitrogens with zero attached hydrogens (tertiary/aromatic N) is 1. The van der Waals surface area contributed by atoms with E-state index >= 15 is 0 Å². The molecule has 0 spiro atoms. The molecule has 0 heterocycles. The molecule has 0 aliphatic heterocycles. The van der Waals surface area contributed by atoms with Gasteiger partial charge in [0.15, 0.2) is 0 Å². The van der Waals surface area contributed by atoms with Gasteiger partial charge in [0.1, 0.15) is 0 Å². The molecule has 3 heteroatoms. The summed E-state index contributed by atoms with van der Waals surface area (Å²) in [6.45, 7) is 4.91. The highest BCUT2D eigenvalue weighted by Gasteiger charge is 2.01. The second-order valence-corrected chi connectivity index (χ2v) is 4.37. The van der Waals surface area contributed by atoms with Crippen LogP contribution in [0.3, 0.4) is 0 Å². The number of aliphatic carboxylic acids is 1.